The van der Waals surface area contributed by atoms with Gasteiger partial charge in [-0.3, -0.25) is 0 Å². The first-order chi connectivity index (χ1) is 16.6. The Morgan fingerprint density at radius 2 is 1.77 bits per heavy atom. The Bertz CT molecular complexity index is 1260. The largest absolute Gasteiger partial charge is 0.496 e. The molecule has 0 aliphatic heterocycles. The van der Waals surface area contributed by atoms with Crippen molar-refractivity contribution in [1.29, 1.82) is 0 Å². The van der Waals surface area contributed by atoms with Crippen LogP contribution in [-0.2, 0) is 27.2 Å². The van der Waals surface area contributed by atoms with Gasteiger partial charge in [-0.15, -0.1) is 0 Å². The van der Waals surface area contributed by atoms with Gasteiger partial charge in [0, 0.05) is 35.6 Å². The molecule has 6 nitrogen and oxygen atoms in total. The van der Waals surface area contributed by atoms with Crippen LogP contribution in [0.4, 0.5) is 0 Å². The first-order valence-electron chi connectivity index (χ1n) is 11.8. The van der Waals surface area contributed by atoms with E-state index in [0.29, 0.717) is 23.3 Å². The highest BCUT2D eigenvalue weighted by molar-refractivity contribution is 5.95. The van der Waals surface area contributed by atoms with E-state index in [0.717, 1.165) is 40.6 Å². The summed E-state index contributed by atoms with van der Waals surface area (Å²) < 4.78 is 18.2. The van der Waals surface area contributed by atoms with Crippen LogP contribution in [0.25, 0.3) is 17.0 Å². The molecule has 0 bridgehead atoms. The number of carbonyl (C=O) groups excluding carboxylic acids is 2. The SMILES string of the molecule is CCCn1cc(Cc2ccc(C(=O)OC)cc2OC)c2cc(/C=C(\C)C(=O)OC(C)(C)C)ccc21. The monoisotopic (exact) mass is 477 g/mol. The van der Waals surface area contributed by atoms with Gasteiger partial charge in [-0.2, -0.15) is 0 Å². The van der Waals surface area contributed by atoms with Gasteiger partial charge in [0.25, 0.3) is 0 Å². The van der Waals surface area contributed by atoms with E-state index in [4.69, 9.17) is 14.2 Å². The highest BCUT2D eigenvalue weighted by Crippen LogP contribution is 2.30. The lowest BCUT2D eigenvalue weighted by atomic mass is 10.00. The average Bonchev–Trinajstić information content (AvgIpc) is 3.14. The summed E-state index contributed by atoms with van der Waals surface area (Å²) in [6, 6.07) is 11.6. The molecule has 1 heterocycles. The third-order valence-corrected chi connectivity index (χ3v) is 5.65. The molecule has 0 aliphatic carbocycles. The van der Waals surface area contributed by atoms with E-state index >= 15 is 0 Å². The van der Waals surface area contributed by atoms with Crippen molar-refractivity contribution < 1.29 is 23.8 Å². The lowest BCUT2D eigenvalue weighted by molar-refractivity contribution is -0.149. The molecule has 186 valence electrons. The number of aryl methyl sites for hydroxylation is 1. The van der Waals surface area contributed by atoms with Gasteiger partial charge in [-0.1, -0.05) is 19.1 Å². The van der Waals surface area contributed by atoms with Gasteiger partial charge in [0.05, 0.1) is 19.8 Å². The summed E-state index contributed by atoms with van der Waals surface area (Å²) in [5.41, 5.74) is 4.65. The van der Waals surface area contributed by atoms with E-state index in [1.165, 1.54) is 7.11 Å². The van der Waals surface area contributed by atoms with Crippen molar-refractivity contribution in [2.24, 2.45) is 0 Å². The van der Waals surface area contributed by atoms with Crippen LogP contribution in [0.2, 0.25) is 0 Å². The van der Waals surface area contributed by atoms with E-state index in [1.807, 2.05) is 39.0 Å². The van der Waals surface area contributed by atoms with E-state index in [2.05, 4.69) is 29.8 Å². The first kappa shape index (κ1) is 26.1. The van der Waals surface area contributed by atoms with Gasteiger partial charge in [-0.05, 0) is 81.1 Å². The van der Waals surface area contributed by atoms with Gasteiger partial charge >= 0.3 is 11.9 Å². The number of hydrogen-bond acceptors (Lipinski definition) is 5. The molecule has 0 aliphatic rings. The standard InChI is InChI=1S/C29H35NO5/c1-8-13-30-18-23(16-21-10-11-22(28(32)34-7)17-26(21)33-6)24-15-20(9-12-25(24)30)14-19(2)27(31)35-29(3,4)5/h9-12,14-15,17-18H,8,13,16H2,1-7H3/b19-14+. The smallest absolute Gasteiger partial charge is 0.337 e. The zero-order valence-electron chi connectivity index (χ0n) is 21.7. The van der Waals surface area contributed by atoms with Crippen molar-refractivity contribution in [3.05, 3.63) is 70.4 Å². The molecule has 1 aromatic heterocycles. The van der Waals surface area contributed by atoms with Gasteiger partial charge in [0.15, 0.2) is 0 Å². The number of ether oxygens (including phenoxy) is 3. The maximum Gasteiger partial charge on any atom is 0.337 e. The molecule has 0 radical (unpaired) electrons. The lowest BCUT2D eigenvalue weighted by Crippen LogP contribution is -2.24. The third kappa shape index (κ3) is 6.32. The molecule has 0 saturated heterocycles. The van der Waals surface area contributed by atoms with Crippen LogP contribution in [0.15, 0.2) is 48.2 Å². The predicted molar refractivity (Wildman–Crippen MR) is 139 cm³/mol. The molecule has 0 unspecified atom stereocenters. The normalized spacial score (nSPS) is 12.0. The Morgan fingerprint density at radius 3 is 2.40 bits per heavy atom. The number of esters is 2. The predicted octanol–water partition coefficient (Wildman–Crippen LogP) is 6.18. The fourth-order valence-corrected chi connectivity index (χ4v) is 4.05. The number of hydrogen-bond donors (Lipinski definition) is 0. The Kier molecular flexibility index (Phi) is 8.05. The molecule has 0 amide bonds. The highest BCUT2D eigenvalue weighted by Gasteiger charge is 2.18. The van der Waals surface area contributed by atoms with Crippen LogP contribution >= 0.6 is 0 Å². The fourth-order valence-electron chi connectivity index (χ4n) is 4.05. The molecule has 3 aromatic rings. The Hall–Kier alpha value is -3.54. The minimum Gasteiger partial charge on any atom is -0.496 e. The zero-order chi connectivity index (χ0) is 25.8. The van der Waals surface area contributed by atoms with Crippen LogP contribution in [0, 0.1) is 0 Å². The second-order valence-corrected chi connectivity index (χ2v) is 9.65. The Morgan fingerprint density at radius 1 is 1.03 bits per heavy atom. The topological polar surface area (TPSA) is 66.8 Å². The molecule has 2 aromatic carbocycles. The fraction of sp³-hybridized carbons (Fsp3) is 0.379. The Labute approximate surface area is 207 Å². The molecular weight excluding hydrogens is 442 g/mol. The van der Waals surface area contributed by atoms with Crippen molar-refractivity contribution in [1.82, 2.24) is 4.57 Å². The third-order valence-electron chi connectivity index (χ3n) is 5.65. The summed E-state index contributed by atoms with van der Waals surface area (Å²) in [5.74, 6) is -0.0795. The van der Waals surface area contributed by atoms with Crippen molar-refractivity contribution >= 4 is 28.9 Å². The van der Waals surface area contributed by atoms with Crippen molar-refractivity contribution in [3.63, 3.8) is 0 Å². The number of methoxy groups -OCH3 is 2. The molecule has 0 N–H and O–H groups in total. The zero-order valence-corrected chi connectivity index (χ0v) is 21.7. The molecule has 0 atom stereocenters. The van der Waals surface area contributed by atoms with Gasteiger partial charge in [-0.25, -0.2) is 9.59 Å². The molecule has 0 saturated carbocycles. The second-order valence-electron chi connectivity index (χ2n) is 9.65. The van der Waals surface area contributed by atoms with Crippen LogP contribution in [-0.4, -0.2) is 36.3 Å². The molecule has 0 spiro atoms. The van der Waals surface area contributed by atoms with Gasteiger partial charge in [0.1, 0.15) is 11.4 Å². The number of carbonyl (C=O) groups is 2. The molecule has 3 rings (SSSR count). The highest BCUT2D eigenvalue weighted by atomic mass is 16.6. The molecule has 6 heteroatoms. The number of benzene rings is 2. The molecular formula is C29H35NO5. The summed E-state index contributed by atoms with van der Waals surface area (Å²) in [6.07, 6.45) is 5.69. The van der Waals surface area contributed by atoms with Crippen LogP contribution in [0.1, 0.15) is 68.1 Å². The number of aromatic nitrogens is 1. The van der Waals surface area contributed by atoms with E-state index in [-0.39, 0.29) is 5.97 Å². The summed E-state index contributed by atoms with van der Waals surface area (Å²) in [4.78, 5) is 24.4. The van der Waals surface area contributed by atoms with Gasteiger partial charge in [0.2, 0.25) is 0 Å². The van der Waals surface area contributed by atoms with Crippen molar-refractivity contribution in [2.75, 3.05) is 14.2 Å². The second kappa shape index (κ2) is 10.8. The number of rotatable bonds is 8. The number of nitrogens with zero attached hydrogens (tertiary/aromatic N) is 1. The maximum atomic E-state index is 12.5. The van der Waals surface area contributed by atoms with Crippen LogP contribution < -0.4 is 4.74 Å². The van der Waals surface area contributed by atoms with E-state index in [1.54, 1.807) is 26.2 Å². The van der Waals surface area contributed by atoms with Crippen LogP contribution in [0.3, 0.4) is 0 Å². The first-order valence-corrected chi connectivity index (χ1v) is 11.8. The molecule has 35 heavy (non-hydrogen) atoms. The summed E-state index contributed by atoms with van der Waals surface area (Å²) in [7, 11) is 2.96. The number of fused-ring (bicyclic) bond motifs is 1. The summed E-state index contributed by atoms with van der Waals surface area (Å²) in [6.45, 7) is 10.4. The summed E-state index contributed by atoms with van der Waals surface area (Å²) in [5, 5.41) is 1.11. The van der Waals surface area contributed by atoms with Crippen molar-refractivity contribution in [3.8, 4) is 5.75 Å². The molecule has 0 fully saturated rings. The summed E-state index contributed by atoms with van der Waals surface area (Å²) >= 11 is 0. The maximum absolute atomic E-state index is 12.5. The quantitative estimate of drug-likeness (QED) is 0.286. The average molecular weight is 478 g/mol. The van der Waals surface area contributed by atoms with Gasteiger partial charge < -0.3 is 18.8 Å². The van der Waals surface area contributed by atoms with Crippen molar-refractivity contribution in [2.45, 2.75) is 59.6 Å². The van der Waals surface area contributed by atoms with E-state index in [9.17, 15) is 9.59 Å². The Balaban J connectivity index is 2.02. The van der Waals surface area contributed by atoms with Crippen LogP contribution in [0.5, 0.6) is 5.75 Å². The lowest BCUT2D eigenvalue weighted by Gasteiger charge is -2.19. The minimum absolute atomic E-state index is 0.322. The minimum atomic E-state index is -0.539. The van der Waals surface area contributed by atoms with E-state index < -0.39 is 11.6 Å².